The first-order chi connectivity index (χ1) is 14.9. The Morgan fingerprint density at radius 3 is 2.42 bits per heavy atom. The summed E-state index contributed by atoms with van der Waals surface area (Å²) < 4.78 is 6.33. The molecule has 0 aromatic heterocycles. The third-order valence-electron chi connectivity index (χ3n) is 6.33. The van der Waals surface area contributed by atoms with Crippen molar-refractivity contribution in [1.82, 2.24) is 14.7 Å². The maximum atomic E-state index is 13.1. The molecule has 1 aromatic rings. The predicted molar refractivity (Wildman–Crippen MR) is 120 cm³/mol. The minimum absolute atomic E-state index is 0.0144. The zero-order chi connectivity index (χ0) is 22.0. The molecular formula is C22H29BrN4O4. The smallest absolute Gasteiger partial charge is 0.236 e. The Hall–Kier alpha value is -1.97. The fraction of sp³-hybridized carbons (Fsp3) is 0.591. The van der Waals surface area contributed by atoms with Crippen LogP contribution in [0.2, 0.25) is 0 Å². The SMILES string of the molecule is Cc1cc(N2CC(C(=O)N3CCN(C(=O)CN4CCOCC4)CC3)CC2=O)ccc1Br. The van der Waals surface area contributed by atoms with Gasteiger partial charge in [0.05, 0.1) is 25.7 Å². The van der Waals surface area contributed by atoms with Crippen molar-refractivity contribution in [3.8, 4) is 0 Å². The van der Waals surface area contributed by atoms with Gasteiger partial charge in [0.1, 0.15) is 0 Å². The lowest BCUT2D eigenvalue weighted by Crippen LogP contribution is -2.54. The molecule has 3 fully saturated rings. The van der Waals surface area contributed by atoms with Gasteiger partial charge in [0.2, 0.25) is 17.7 Å². The number of halogens is 1. The van der Waals surface area contributed by atoms with Crippen molar-refractivity contribution in [1.29, 1.82) is 0 Å². The summed E-state index contributed by atoms with van der Waals surface area (Å²) in [4.78, 5) is 45.7. The first kappa shape index (κ1) is 22.2. The number of nitrogens with zero attached hydrogens (tertiary/aromatic N) is 4. The summed E-state index contributed by atoms with van der Waals surface area (Å²) in [6.45, 7) is 7.87. The second-order valence-corrected chi connectivity index (χ2v) is 9.29. The van der Waals surface area contributed by atoms with E-state index in [9.17, 15) is 14.4 Å². The third kappa shape index (κ3) is 5.10. The molecule has 3 heterocycles. The summed E-state index contributed by atoms with van der Waals surface area (Å²) in [6.07, 6.45) is 0.240. The Kier molecular flexibility index (Phi) is 6.93. The number of hydrogen-bond donors (Lipinski definition) is 0. The minimum Gasteiger partial charge on any atom is -0.379 e. The molecule has 1 aromatic carbocycles. The summed E-state index contributed by atoms with van der Waals surface area (Å²) in [5.41, 5.74) is 1.89. The van der Waals surface area contributed by atoms with E-state index in [1.54, 1.807) is 4.90 Å². The van der Waals surface area contributed by atoms with Gasteiger partial charge in [-0.05, 0) is 30.7 Å². The molecule has 1 unspecified atom stereocenters. The van der Waals surface area contributed by atoms with Gasteiger partial charge >= 0.3 is 0 Å². The van der Waals surface area contributed by atoms with Crippen LogP contribution in [0.1, 0.15) is 12.0 Å². The number of rotatable bonds is 4. The van der Waals surface area contributed by atoms with E-state index in [4.69, 9.17) is 4.74 Å². The van der Waals surface area contributed by atoms with Crippen LogP contribution in [0.3, 0.4) is 0 Å². The lowest BCUT2D eigenvalue weighted by Gasteiger charge is -2.37. The average molecular weight is 493 g/mol. The number of ether oxygens (including phenoxy) is 1. The van der Waals surface area contributed by atoms with Crippen LogP contribution in [0, 0.1) is 12.8 Å². The molecule has 31 heavy (non-hydrogen) atoms. The number of amides is 3. The van der Waals surface area contributed by atoms with Gasteiger partial charge in [-0.25, -0.2) is 0 Å². The van der Waals surface area contributed by atoms with E-state index in [1.807, 2.05) is 34.9 Å². The van der Waals surface area contributed by atoms with Crippen LogP contribution in [0.15, 0.2) is 22.7 Å². The van der Waals surface area contributed by atoms with E-state index < -0.39 is 0 Å². The van der Waals surface area contributed by atoms with E-state index in [0.29, 0.717) is 52.5 Å². The topological polar surface area (TPSA) is 73.4 Å². The summed E-state index contributed by atoms with van der Waals surface area (Å²) >= 11 is 3.48. The normalized spacial score (nSPS) is 22.8. The molecule has 1 atom stereocenters. The zero-order valence-corrected chi connectivity index (χ0v) is 19.5. The van der Waals surface area contributed by atoms with Gasteiger partial charge in [0.25, 0.3) is 0 Å². The largest absolute Gasteiger partial charge is 0.379 e. The molecule has 3 saturated heterocycles. The van der Waals surface area contributed by atoms with Crippen LogP contribution in [-0.2, 0) is 19.1 Å². The fourth-order valence-corrected chi connectivity index (χ4v) is 4.65. The van der Waals surface area contributed by atoms with Gasteiger partial charge in [-0.3, -0.25) is 19.3 Å². The predicted octanol–water partition coefficient (Wildman–Crippen LogP) is 1.11. The molecule has 0 bridgehead atoms. The molecule has 0 spiro atoms. The Balaban J connectivity index is 1.29. The van der Waals surface area contributed by atoms with Crippen LogP contribution >= 0.6 is 15.9 Å². The second kappa shape index (κ2) is 9.67. The van der Waals surface area contributed by atoms with Crippen LogP contribution < -0.4 is 4.90 Å². The number of carbonyl (C=O) groups is 3. The minimum atomic E-state index is -0.327. The van der Waals surface area contributed by atoms with Crippen molar-refractivity contribution in [3.63, 3.8) is 0 Å². The van der Waals surface area contributed by atoms with Crippen molar-refractivity contribution in [2.45, 2.75) is 13.3 Å². The van der Waals surface area contributed by atoms with E-state index in [0.717, 1.165) is 28.8 Å². The Bertz CT molecular complexity index is 850. The van der Waals surface area contributed by atoms with Gasteiger partial charge < -0.3 is 19.4 Å². The first-order valence-electron chi connectivity index (χ1n) is 10.9. The van der Waals surface area contributed by atoms with Crippen LogP contribution in [0.5, 0.6) is 0 Å². The zero-order valence-electron chi connectivity index (χ0n) is 17.9. The van der Waals surface area contributed by atoms with Crippen molar-refractivity contribution in [2.24, 2.45) is 5.92 Å². The van der Waals surface area contributed by atoms with Crippen molar-refractivity contribution in [2.75, 3.05) is 70.5 Å². The highest BCUT2D eigenvalue weighted by Crippen LogP contribution is 2.29. The van der Waals surface area contributed by atoms with Crippen molar-refractivity contribution in [3.05, 3.63) is 28.2 Å². The molecule has 3 aliphatic heterocycles. The Morgan fingerprint density at radius 1 is 1.06 bits per heavy atom. The maximum Gasteiger partial charge on any atom is 0.236 e. The number of morpholine rings is 1. The molecule has 9 heteroatoms. The molecule has 0 aliphatic carbocycles. The molecule has 8 nitrogen and oxygen atoms in total. The molecule has 0 radical (unpaired) electrons. The Morgan fingerprint density at radius 2 is 1.74 bits per heavy atom. The monoisotopic (exact) mass is 492 g/mol. The second-order valence-electron chi connectivity index (χ2n) is 8.43. The average Bonchev–Trinajstić information content (AvgIpc) is 3.17. The fourth-order valence-electron chi connectivity index (χ4n) is 4.40. The van der Waals surface area contributed by atoms with Gasteiger partial charge in [-0.1, -0.05) is 15.9 Å². The van der Waals surface area contributed by atoms with Crippen LogP contribution in [-0.4, -0.2) is 98.0 Å². The highest BCUT2D eigenvalue weighted by Gasteiger charge is 2.38. The van der Waals surface area contributed by atoms with E-state index in [1.165, 1.54) is 0 Å². The van der Waals surface area contributed by atoms with Crippen molar-refractivity contribution < 1.29 is 19.1 Å². The lowest BCUT2D eigenvalue weighted by molar-refractivity contribution is -0.142. The van der Waals surface area contributed by atoms with Crippen LogP contribution in [0.4, 0.5) is 5.69 Å². The van der Waals surface area contributed by atoms with Crippen LogP contribution in [0.25, 0.3) is 0 Å². The standard InChI is InChI=1S/C22H29BrN4O4/c1-16-12-18(2-3-19(16)23)27-14-17(13-20(27)28)22(30)26-6-4-25(5-7-26)21(29)15-24-8-10-31-11-9-24/h2-3,12,17H,4-11,13-15H2,1H3. The molecule has 3 aliphatic rings. The van der Waals surface area contributed by atoms with E-state index in [2.05, 4.69) is 20.8 Å². The quantitative estimate of drug-likeness (QED) is 0.629. The number of hydrogen-bond acceptors (Lipinski definition) is 5. The van der Waals surface area contributed by atoms with Gasteiger partial charge in [-0.2, -0.15) is 0 Å². The van der Waals surface area contributed by atoms with Gasteiger partial charge in [-0.15, -0.1) is 0 Å². The lowest BCUT2D eigenvalue weighted by atomic mass is 10.1. The first-order valence-corrected chi connectivity index (χ1v) is 11.6. The molecular weight excluding hydrogens is 464 g/mol. The van der Waals surface area contributed by atoms with Gasteiger partial charge in [0, 0.05) is 62.4 Å². The number of carbonyl (C=O) groups excluding carboxylic acids is 3. The summed E-state index contributed by atoms with van der Waals surface area (Å²) in [5, 5.41) is 0. The number of aryl methyl sites for hydroxylation is 1. The van der Waals surface area contributed by atoms with Crippen molar-refractivity contribution >= 4 is 39.3 Å². The summed E-state index contributed by atoms with van der Waals surface area (Å²) in [5.74, 6) is -0.210. The maximum absolute atomic E-state index is 13.1. The summed E-state index contributed by atoms with van der Waals surface area (Å²) in [6, 6.07) is 5.80. The molecule has 0 N–H and O–H groups in total. The molecule has 0 saturated carbocycles. The molecule has 4 rings (SSSR count). The number of piperazine rings is 1. The number of benzene rings is 1. The highest BCUT2D eigenvalue weighted by molar-refractivity contribution is 9.10. The van der Waals surface area contributed by atoms with E-state index in [-0.39, 0.29) is 30.1 Å². The molecule has 3 amide bonds. The van der Waals surface area contributed by atoms with Gasteiger partial charge in [0.15, 0.2) is 0 Å². The Labute approximate surface area is 191 Å². The molecule has 168 valence electrons. The third-order valence-corrected chi connectivity index (χ3v) is 7.22. The summed E-state index contributed by atoms with van der Waals surface area (Å²) in [7, 11) is 0. The highest BCUT2D eigenvalue weighted by atomic mass is 79.9. The number of anilines is 1. The van der Waals surface area contributed by atoms with E-state index >= 15 is 0 Å².